The van der Waals surface area contributed by atoms with Gasteiger partial charge in [0.15, 0.2) is 0 Å². The maximum Gasteiger partial charge on any atom is 1.00 e. The summed E-state index contributed by atoms with van der Waals surface area (Å²) in [5.41, 5.74) is 9.35. The molecule has 30 heteroatoms. The van der Waals surface area contributed by atoms with E-state index < -0.39 is 17.2 Å². The summed E-state index contributed by atoms with van der Waals surface area (Å²) in [4.78, 5) is 60.1. The topological polar surface area (TPSA) is 377 Å². The van der Waals surface area contributed by atoms with Crippen molar-refractivity contribution in [3.05, 3.63) is 115 Å². The molecular weight excluding hydrogens is 1400 g/mol. The molecule has 23 nitrogen and oxygen atoms in total. The number of carbonyl (C=O) groups is 5. The first-order chi connectivity index (χ1) is 44.2. The summed E-state index contributed by atoms with van der Waals surface area (Å²) in [6.07, 6.45) is 3.83. The number of amides is 1. The fourth-order valence-corrected chi connectivity index (χ4v) is 8.99. The van der Waals surface area contributed by atoms with Crippen molar-refractivity contribution in [2.24, 2.45) is 5.73 Å². The number of benzene rings is 4. The molecule has 0 bridgehead atoms. The van der Waals surface area contributed by atoms with Crippen LogP contribution in [0.1, 0.15) is 159 Å². The van der Waals surface area contributed by atoms with Crippen LogP contribution in [0.5, 0.6) is 0 Å². The van der Waals surface area contributed by atoms with E-state index in [1.165, 1.54) is 6.92 Å². The van der Waals surface area contributed by atoms with Crippen molar-refractivity contribution in [1.29, 1.82) is 26.3 Å². The van der Waals surface area contributed by atoms with E-state index in [1.807, 2.05) is 76.8 Å². The molecule has 1 saturated heterocycles. The van der Waals surface area contributed by atoms with Gasteiger partial charge in [0, 0.05) is 98.5 Å². The van der Waals surface area contributed by atoms with E-state index in [1.54, 1.807) is 72.8 Å². The van der Waals surface area contributed by atoms with Crippen molar-refractivity contribution in [3.8, 4) is 30.3 Å². The van der Waals surface area contributed by atoms with Crippen molar-refractivity contribution in [3.63, 3.8) is 0 Å². The number of carboxylic acid groups (broad SMARTS) is 1. The zero-order valence-electron chi connectivity index (χ0n) is 59.1. The number of halogens is 5. The van der Waals surface area contributed by atoms with Gasteiger partial charge in [-0.05, 0) is 154 Å². The fourth-order valence-electron chi connectivity index (χ4n) is 8.10. The van der Waals surface area contributed by atoms with Gasteiger partial charge in [-0.15, -0.1) is 12.4 Å². The third-order valence-corrected chi connectivity index (χ3v) is 14.4. The van der Waals surface area contributed by atoms with Crippen LogP contribution in [0.25, 0.3) is 0 Å². The number of nitrogens with two attached hydrogens (primary N) is 1. The minimum absolute atomic E-state index is 0. The summed E-state index contributed by atoms with van der Waals surface area (Å²) in [6.45, 7) is 26.9. The van der Waals surface area contributed by atoms with Gasteiger partial charge in [0.1, 0.15) is 35.5 Å². The summed E-state index contributed by atoms with van der Waals surface area (Å²) in [5, 5.41) is 81.3. The molecule has 4 aromatic carbocycles. The average molecular weight is 1500 g/mol. The molecule has 0 spiro atoms. The molecule has 0 saturated carbocycles. The van der Waals surface area contributed by atoms with Crippen LogP contribution in [-0.4, -0.2) is 120 Å². The number of ether oxygens (including phenoxy) is 2. The van der Waals surface area contributed by atoms with Crippen LogP contribution in [0, 0.1) is 56.7 Å². The fraction of sp³-hybridized carbons (Fsp3) is 0.493. The van der Waals surface area contributed by atoms with Crippen LogP contribution in [0.2, 0.25) is 20.1 Å². The molecule has 4 aromatic rings. The smallest absolute Gasteiger partial charge is 1.00 e. The molecule has 7 atom stereocenters. The number of nitriles is 5. The van der Waals surface area contributed by atoms with Gasteiger partial charge in [-0.3, -0.25) is 24.0 Å². The Kier molecular flexibility index (Phi) is 55.2. The summed E-state index contributed by atoms with van der Waals surface area (Å²) < 4.78 is 10.7. The Morgan fingerprint density at radius 1 is 0.649 bits per heavy atom. The van der Waals surface area contributed by atoms with Gasteiger partial charge in [-0.25, -0.2) is 0 Å². The maximum atomic E-state index is 12.2. The SMILES string of the molecule is CC#N.CC(C)(C)OC(=O)C[C@@H](CN)Nc1ccc(C#N)c(Cl)c1.CCC(C)N1C[C@@H](Nc2ccc(C#N)c(Cl)c2)CC1=O.CCC(C)NC[C@H](CC(=O)O)Nc1ccc(C#N)c(Cl)c1.CCC(C)NC[C@H](CC(=O)OC(C)(C)C)Nc1ccc(C#N)c(Cl)c1.Cl.O=CO[O-].[H-].[K+].[K+]. The summed E-state index contributed by atoms with van der Waals surface area (Å²) in [7, 11) is 0. The second-order valence-electron chi connectivity index (χ2n) is 23.4. The summed E-state index contributed by atoms with van der Waals surface area (Å²) >= 11 is 24.0. The Morgan fingerprint density at radius 3 is 1.26 bits per heavy atom. The molecule has 1 fully saturated rings. The number of carboxylic acids is 1. The van der Waals surface area contributed by atoms with Gasteiger partial charge >= 0.3 is 121 Å². The van der Waals surface area contributed by atoms with Crippen molar-refractivity contribution in [1.82, 2.24) is 15.5 Å². The molecule has 0 aromatic heterocycles. The Labute approximate surface area is 685 Å². The average Bonchev–Trinajstić information content (AvgIpc) is 1.62. The van der Waals surface area contributed by atoms with Crippen LogP contribution in [-0.2, 0) is 38.3 Å². The molecule has 1 aliphatic heterocycles. The van der Waals surface area contributed by atoms with Crippen LogP contribution < -0.4 is 146 Å². The van der Waals surface area contributed by atoms with Crippen LogP contribution in [0.3, 0.4) is 0 Å². The molecule has 1 amide bonds. The van der Waals surface area contributed by atoms with Crippen LogP contribution >= 0.6 is 58.8 Å². The van der Waals surface area contributed by atoms with Gasteiger partial charge in [0.05, 0.1) is 73.7 Å². The van der Waals surface area contributed by atoms with Gasteiger partial charge in [0.25, 0.3) is 6.47 Å². The normalized spacial score (nSPS) is 13.4. The summed E-state index contributed by atoms with van der Waals surface area (Å²) in [5.74, 6) is -1.24. The van der Waals surface area contributed by atoms with Crippen molar-refractivity contribution in [2.45, 2.75) is 188 Å². The van der Waals surface area contributed by atoms with Crippen molar-refractivity contribution >= 4 is 112 Å². The molecule has 522 valence electrons. The molecule has 3 unspecified atom stereocenters. The van der Waals surface area contributed by atoms with E-state index in [0.717, 1.165) is 30.6 Å². The van der Waals surface area contributed by atoms with E-state index in [-0.39, 0.29) is 197 Å². The first kappa shape index (κ1) is 98.8. The van der Waals surface area contributed by atoms with E-state index >= 15 is 0 Å². The molecule has 5 rings (SSSR count). The number of carbonyl (C=O) groups excluding carboxylic acids is 4. The van der Waals surface area contributed by atoms with Gasteiger partial charge in [-0.1, -0.05) is 67.2 Å². The van der Waals surface area contributed by atoms with Crippen molar-refractivity contribution < 1.29 is 153 Å². The van der Waals surface area contributed by atoms with Crippen molar-refractivity contribution in [2.75, 3.05) is 47.4 Å². The second-order valence-corrected chi connectivity index (χ2v) is 25.0. The monoisotopic (exact) mass is 1490 g/mol. The number of nitrogens with one attached hydrogen (secondary N) is 6. The predicted octanol–water partition coefficient (Wildman–Crippen LogP) is 6.18. The number of hydrogen-bond donors (Lipinski definition) is 8. The van der Waals surface area contributed by atoms with Crippen LogP contribution in [0.15, 0.2) is 72.8 Å². The van der Waals surface area contributed by atoms with E-state index in [4.69, 9.17) is 103 Å². The Bertz CT molecular complexity index is 3270. The van der Waals surface area contributed by atoms with E-state index in [9.17, 15) is 19.2 Å². The molecule has 9 N–H and O–H groups in total. The van der Waals surface area contributed by atoms with Gasteiger partial charge in [0.2, 0.25) is 5.91 Å². The zero-order chi connectivity index (χ0) is 71.7. The van der Waals surface area contributed by atoms with Crippen LogP contribution in [0.4, 0.5) is 22.7 Å². The summed E-state index contributed by atoms with van der Waals surface area (Å²) in [6, 6.07) is 30.5. The number of nitrogens with zero attached hydrogens (tertiary/aromatic N) is 6. The first-order valence-electron chi connectivity index (χ1n) is 30.2. The van der Waals surface area contributed by atoms with Gasteiger partial charge in [-0.2, -0.15) is 26.3 Å². The minimum Gasteiger partial charge on any atom is -1.00 e. The first-order valence-corrected chi connectivity index (χ1v) is 31.7. The third-order valence-electron chi connectivity index (χ3n) is 13.2. The predicted molar refractivity (Wildman–Crippen MR) is 375 cm³/mol. The number of aliphatic carboxylic acids is 1. The number of esters is 2. The maximum absolute atomic E-state index is 12.2. The minimum atomic E-state index is -0.863. The molecule has 97 heavy (non-hydrogen) atoms. The zero-order valence-corrected chi connectivity index (χ0v) is 68.2. The third kappa shape index (κ3) is 44.3. The molecular formula is C67H92Cl5K2N13O10. The Balaban J connectivity index is -0.000000375. The van der Waals surface area contributed by atoms with E-state index in [0.29, 0.717) is 91.9 Å². The molecule has 0 radical (unpaired) electrons. The molecule has 1 heterocycles. The largest absolute Gasteiger partial charge is 1.00 e. The number of rotatable bonds is 26. The number of anilines is 4. The van der Waals surface area contributed by atoms with Gasteiger partial charge < -0.3 is 68.7 Å². The Hall–Kier alpha value is -4.56. The standard InChI is InChI=1S/C19H28ClN3O2.2C15H20ClN3O2.C15H18ClN3O.C2H3N.CH2O3.ClH.2K.H/c1-6-13(2)22-12-16(10-18(24)25-19(3,4)5)23-15-8-7-14(11-21)17(20)9-15;1-15(2,3)21-14(20)7-12(9-18)19-11-5-4-10(8-17)13(16)6-11;1-3-10(2)18-9-13(7-15(20)21)19-12-5-4-11(8-17)14(16)6-12;1-3-10(2)19-9-13(7-15(19)20)18-12-5-4-11(8-17)14(16)6-12;1-2-3;2-1-4-3;;;;/h7-9,13,16,22-23H,6,10,12H2,1-5H3;4-6,12,19H,7,9,18H2,1-3H3;4-6,10,13,18-19H,3,7,9H2,1-2H3,(H,20,21);4-6,10,13,18H,3,7,9H2,1-2H3;1H3;1,3H;1H;;;/q;;;;;;;2*+1;-1/p-1/t13?,16-;12-;2*10?,13-;;;;;;/m0000....../s1. The molecule has 0 aliphatic carbocycles. The Morgan fingerprint density at radius 2 is 0.969 bits per heavy atom. The number of hydrogen-bond acceptors (Lipinski definition) is 21. The second kappa shape index (κ2) is 54.2. The number of likely N-dealkylation sites (tertiary alicyclic amines) is 1. The quantitative estimate of drug-likeness (QED) is 0.0114. The van der Waals surface area contributed by atoms with E-state index in [2.05, 4.69) is 78.3 Å². The molecule has 1 aliphatic rings.